The van der Waals surface area contributed by atoms with Gasteiger partial charge in [-0.25, -0.2) is 0 Å². The molecular formula is BeClO2SiSr+3. The maximum absolute atomic E-state index is 8.84. The quantitative estimate of drug-likeness (QED) is 0.337. The molecule has 24 valence electrons. The fourth-order valence-corrected chi connectivity index (χ4v) is 0. The van der Waals surface area contributed by atoms with E-state index in [0.29, 0.717) is 0 Å². The van der Waals surface area contributed by atoms with Gasteiger partial charge in [-0.3, -0.25) is 0 Å². The standard InChI is InChI=1S/Be.ClO2Si.Sr/c;1-4(2)3;/q+2;-1;+2. The molecule has 0 atom stereocenters. The van der Waals surface area contributed by atoms with E-state index in [4.69, 9.17) is 9.26 Å². The average Bonchev–Trinajstić information content (AvgIpc) is 0.811. The Balaban J connectivity index is -0.0000000450. The molecule has 0 unspecified atom stereocenters. The second kappa shape index (κ2) is 9.90. The van der Waals surface area contributed by atoms with Crippen molar-refractivity contribution < 1.29 is 9.26 Å². The second-order valence-electron chi connectivity index (χ2n) is 0.238. The van der Waals surface area contributed by atoms with Crippen molar-refractivity contribution in [3.05, 3.63) is 0 Å². The molecule has 0 fully saturated rings. The van der Waals surface area contributed by atoms with Crippen LogP contribution in [0.1, 0.15) is 0 Å². The van der Waals surface area contributed by atoms with E-state index in [9.17, 15) is 0 Å². The number of hydrogen-bond donors (Lipinski definition) is 0. The van der Waals surface area contributed by atoms with Gasteiger partial charge in [0, 0.05) is 0 Å². The molecule has 0 aliphatic rings. The molecular weight excluding hydrogens is 192 g/mol. The predicted molar refractivity (Wildman–Crippen MR) is 23.8 cm³/mol. The van der Waals surface area contributed by atoms with E-state index in [1.165, 1.54) is 0 Å². The number of halogens is 1. The van der Waals surface area contributed by atoms with Crippen LogP contribution in [0.5, 0.6) is 0 Å². The van der Waals surface area contributed by atoms with Crippen molar-refractivity contribution in [1.29, 1.82) is 0 Å². The number of rotatable bonds is 0. The van der Waals surface area contributed by atoms with Crippen molar-refractivity contribution >= 4 is 74.9 Å². The third-order valence-corrected chi connectivity index (χ3v) is 0. The Morgan fingerprint density at radius 3 is 1.67 bits per heavy atom. The first kappa shape index (κ1) is 15.7. The van der Waals surface area contributed by atoms with Crippen LogP contribution in [-0.4, -0.2) is 63.8 Å². The van der Waals surface area contributed by atoms with Crippen LogP contribution in [-0.2, 0) is 4.46 Å². The van der Waals surface area contributed by atoms with Crippen LogP contribution in [0.15, 0.2) is 0 Å². The van der Waals surface area contributed by atoms with E-state index < -0.39 is 8.24 Å². The SMILES string of the molecule is O=[Si]([O-])Cl.[Be+2].[Sr+2]. The molecule has 0 aliphatic carbocycles. The Hall–Kier alpha value is 1.76. The molecule has 0 bridgehead atoms. The molecule has 6 heteroatoms. The molecule has 6 heavy (non-hydrogen) atoms. The Morgan fingerprint density at radius 2 is 1.67 bits per heavy atom. The summed E-state index contributed by atoms with van der Waals surface area (Å²) in [6.07, 6.45) is 0. The summed E-state index contributed by atoms with van der Waals surface area (Å²) in [4.78, 5) is 8.84. The molecule has 0 N–H and O–H groups in total. The van der Waals surface area contributed by atoms with Crippen LogP contribution < -0.4 is 4.80 Å². The minimum Gasteiger partial charge on any atom is -0.572 e. The molecule has 0 saturated heterocycles. The van der Waals surface area contributed by atoms with Gasteiger partial charge in [-0.05, 0) is 0 Å². The molecule has 0 saturated carbocycles. The van der Waals surface area contributed by atoms with E-state index in [-0.39, 0.29) is 55.6 Å². The smallest absolute Gasteiger partial charge is 0.572 e. The summed E-state index contributed by atoms with van der Waals surface area (Å²) in [7, 11) is -2.91. The van der Waals surface area contributed by atoms with Crippen molar-refractivity contribution in [3.63, 3.8) is 0 Å². The Morgan fingerprint density at radius 1 is 1.67 bits per heavy atom. The van der Waals surface area contributed by atoms with Crippen LogP contribution in [0.2, 0.25) is 0 Å². The van der Waals surface area contributed by atoms with E-state index in [2.05, 4.69) is 11.1 Å². The van der Waals surface area contributed by atoms with Gasteiger partial charge >= 0.3 is 55.6 Å². The van der Waals surface area contributed by atoms with Crippen LogP contribution in [0, 0.1) is 0 Å². The maximum Gasteiger partial charge on any atom is 2.00 e. The summed E-state index contributed by atoms with van der Waals surface area (Å²) in [6.45, 7) is 0. The molecule has 0 aromatic rings. The van der Waals surface area contributed by atoms with Crippen molar-refractivity contribution in [3.8, 4) is 0 Å². The molecule has 0 aromatic heterocycles. The fourth-order valence-electron chi connectivity index (χ4n) is 0. The van der Waals surface area contributed by atoms with Crippen molar-refractivity contribution in [2.45, 2.75) is 0 Å². The van der Waals surface area contributed by atoms with E-state index in [1.54, 1.807) is 0 Å². The van der Waals surface area contributed by atoms with Gasteiger partial charge in [-0.2, -0.15) is 0 Å². The fraction of sp³-hybridized carbons (Fsp3) is 0. The summed E-state index contributed by atoms with van der Waals surface area (Å²) in [6, 6.07) is 0. The van der Waals surface area contributed by atoms with E-state index in [0.717, 1.165) is 0 Å². The molecule has 0 spiro atoms. The molecule has 0 rings (SSSR count). The first-order valence-corrected chi connectivity index (χ1v) is 2.93. The van der Waals surface area contributed by atoms with Gasteiger partial charge in [0.2, 0.25) is 0 Å². The van der Waals surface area contributed by atoms with Gasteiger partial charge in [-0.15, -0.1) is 11.1 Å². The van der Waals surface area contributed by atoms with Crippen molar-refractivity contribution in [2.75, 3.05) is 0 Å². The average molecular weight is 192 g/mol. The monoisotopic (exact) mass is 192 g/mol. The Kier molecular flexibility index (Phi) is 25.8. The maximum atomic E-state index is 8.84. The van der Waals surface area contributed by atoms with Crippen molar-refractivity contribution in [2.24, 2.45) is 0 Å². The number of hydrogen-bond acceptors (Lipinski definition) is 2. The first-order valence-electron chi connectivity index (χ1n) is 0.597. The zero-order valence-corrected chi connectivity index (χ0v) is 8.34. The van der Waals surface area contributed by atoms with Crippen LogP contribution in [0.3, 0.4) is 0 Å². The van der Waals surface area contributed by atoms with Gasteiger partial charge in [0.15, 0.2) is 0 Å². The van der Waals surface area contributed by atoms with E-state index in [1.807, 2.05) is 0 Å². The van der Waals surface area contributed by atoms with Gasteiger partial charge < -0.3 is 9.26 Å². The summed E-state index contributed by atoms with van der Waals surface area (Å²) >= 11 is 4.27. The van der Waals surface area contributed by atoms with Crippen LogP contribution in [0.4, 0.5) is 0 Å². The third kappa shape index (κ3) is 42.2. The van der Waals surface area contributed by atoms with Gasteiger partial charge in [0.05, 0.1) is 0 Å². The van der Waals surface area contributed by atoms with Gasteiger partial charge in [0.25, 0.3) is 8.24 Å². The van der Waals surface area contributed by atoms with Gasteiger partial charge in [0.1, 0.15) is 0 Å². The summed E-state index contributed by atoms with van der Waals surface area (Å²) in [5, 5.41) is 0. The summed E-state index contributed by atoms with van der Waals surface area (Å²) in [5.41, 5.74) is 0. The van der Waals surface area contributed by atoms with Crippen LogP contribution in [0.25, 0.3) is 0 Å². The topological polar surface area (TPSA) is 40.1 Å². The van der Waals surface area contributed by atoms with Crippen LogP contribution >= 0.6 is 11.1 Å². The minimum absolute atomic E-state index is 0. The van der Waals surface area contributed by atoms with E-state index >= 15 is 0 Å². The molecule has 0 radical (unpaired) electrons. The Labute approximate surface area is 82.9 Å². The molecule has 0 aliphatic heterocycles. The largest absolute Gasteiger partial charge is 2.00 e. The van der Waals surface area contributed by atoms with Crippen molar-refractivity contribution in [1.82, 2.24) is 0 Å². The molecule has 2 nitrogen and oxygen atoms in total. The molecule has 0 heterocycles. The molecule has 0 amide bonds. The first-order chi connectivity index (χ1) is 1.73. The van der Waals surface area contributed by atoms with Gasteiger partial charge in [-0.1, -0.05) is 0 Å². The zero-order valence-electron chi connectivity index (χ0n) is 3.11. The summed E-state index contributed by atoms with van der Waals surface area (Å²) < 4.78 is 8.84. The normalized spacial score (nSPS) is 4.17. The predicted octanol–water partition coefficient (Wildman–Crippen LogP) is -1.76. The second-order valence-corrected chi connectivity index (χ2v) is 1.64. The third-order valence-electron chi connectivity index (χ3n) is 0. The minimum atomic E-state index is -2.91. The summed E-state index contributed by atoms with van der Waals surface area (Å²) in [5.74, 6) is 0. The Bertz CT molecular complexity index is 36.5. The zero-order chi connectivity index (χ0) is 3.58. The molecule has 0 aromatic carbocycles.